The van der Waals surface area contributed by atoms with Crippen LogP contribution in [-0.2, 0) is 6.54 Å². The molecular formula is C18H27N3. The molecule has 2 aromatic rings. The first-order chi connectivity index (χ1) is 10.1. The van der Waals surface area contributed by atoms with Crippen molar-refractivity contribution in [2.24, 2.45) is 0 Å². The van der Waals surface area contributed by atoms with Crippen LogP contribution in [0.5, 0.6) is 0 Å². The van der Waals surface area contributed by atoms with E-state index in [2.05, 4.69) is 79.3 Å². The van der Waals surface area contributed by atoms with E-state index in [0.717, 1.165) is 30.8 Å². The Morgan fingerprint density at radius 1 is 1.05 bits per heavy atom. The van der Waals surface area contributed by atoms with Crippen molar-refractivity contribution in [1.29, 1.82) is 0 Å². The van der Waals surface area contributed by atoms with Crippen LogP contribution in [0, 0.1) is 0 Å². The zero-order chi connectivity index (χ0) is 15.2. The first-order valence-corrected chi connectivity index (χ1v) is 8.01. The topological polar surface area (TPSA) is 29.9 Å². The highest BCUT2D eigenvalue weighted by atomic mass is 15.3. The third kappa shape index (κ3) is 4.10. The summed E-state index contributed by atoms with van der Waals surface area (Å²) in [6.45, 7) is 9.63. The van der Waals surface area contributed by atoms with Gasteiger partial charge in [0.2, 0.25) is 0 Å². The van der Waals surface area contributed by atoms with E-state index >= 15 is 0 Å². The highest BCUT2D eigenvalue weighted by Crippen LogP contribution is 2.18. The van der Waals surface area contributed by atoms with E-state index < -0.39 is 0 Å². The fourth-order valence-electron chi connectivity index (χ4n) is 2.52. The van der Waals surface area contributed by atoms with Crippen molar-refractivity contribution in [2.45, 2.75) is 59.0 Å². The molecule has 0 bridgehead atoms. The van der Waals surface area contributed by atoms with Crippen LogP contribution in [0.25, 0.3) is 0 Å². The van der Waals surface area contributed by atoms with E-state index in [1.54, 1.807) is 0 Å². The minimum absolute atomic E-state index is 0.518. The second-order valence-electron chi connectivity index (χ2n) is 5.89. The number of benzene rings is 1. The minimum atomic E-state index is 0.518. The molecule has 0 atom stereocenters. The molecule has 0 amide bonds. The van der Waals surface area contributed by atoms with Gasteiger partial charge in [-0.2, -0.15) is 5.10 Å². The molecule has 1 aromatic carbocycles. The smallest absolute Gasteiger partial charge is 0.0815 e. The van der Waals surface area contributed by atoms with Crippen LogP contribution >= 0.6 is 0 Å². The third-order valence-electron chi connectivity index (χ3n) is 4.03. The number of aromatic nitrogens is 2. The summed E-state index contributed by atoms with van der Waals surface area (Å²) in [6, 6.07) is 11.3. The lowest BCUT2D eigenvalue weighted by atomic mass is 10.0. The average molecular weight is 285 g/mol. The quantitative estimate of drug-likeness (QED) is 0.777. The van der Waals surface area contributed by atoms with Crippen molar-refractivity contribution in [3.05, 3.63) is 47.8 Å². The molecule has 0 aliphatic carbocycles. The predicted molar refractivity (Wildman–Crippen MR) is 89.7 cm³/mol. The van der Waals surface area contributed by atoms with Gasteiger partial charge in [-0.1, -0.05) is 39.8 Å². The number of hydrogen-bond donors (Lipinski definition) is 1. The second kappa shape index (κ2) is 7.30. The maximum absolute atomic E-state index is 4.67. The van der Waals surface area contributed by atoms with E-state index in [1.165, 1.54) is 5.56 Å². The zero-order valence-corrected chi connectivity index (χ0v) is 13.6. The van der Waals surface area contributed by atoms with Gasteiger partial charge in [-0.25, -0.2) is 0 Å². The summed E-state index contributed by atoms with van der Waals surface area (Å²) in [6.07, 6.45) is 4.35. The molecule has 0 aliphatic heterocycles. The molecule has 3 nitrogen and oxygen atoms in total. The van der Waals surface area contributed by atoms with Crippen LogP contribution < -0.4 is 5.32 Å². The van der Waals surface area contributed by atoms with Crippen molar-refractivity contribution >= 4 is 5.69 Å². The second-order valence-corrected chi connectivity index (χ2v) is 5.89. The lowest BCUT2D eigenvalue weighted by molar-refractivity contribution is 0.426. The van der Waals surface area contributed by atoms with Crippen LogP contribution in [0.1, 0.15) is 63.8 Å². The maximum Gasteiger partial charge on any atom is 0.0815 e. The molecule has 1 heterocycles. The van der Waals surface area contributed by atoms with Gasteiger partial charge in [0.15, 0.2) is 0 Å². The van der Waals surface area contributed by atoms with Gasteiger partial charge in [0.1, 0.15) is 0 Å². The molecule has 21 heavy (non-hydrogen) atoms. The summed E-state index contributed by atoms with van der Waals surface area (Å²) >= 11 is 0. The number of nitrogens with zero attached hydrogens (tertiary/aromatic N) is 2. The minimum Gasteiger partial charge on any atom is -0.379 e. The Bertz CT molecular complexity index is 536. The molecule has 0 fully saturated rings. The van der Waals surface area contributed by atoms with Gasteiger partial charge < -0.3 is 5.32 Å². The summed E-state index contributed by atoms with van der Waals surface area (Å²) in [5.41, 5.74) is 3.62. The number of hydrogen-bond acceptors (Lipinski definition) is 2. The Kier molecular flexibility index (Phi) is 5.43. The Hall–Kier alpha value is -1.77. The maximum atomic E-state index is 4.67. The van der Waals surface area contributed by atoms with Gasteiger partial charge in [0.05, 0.1) is 18.3 Å². The summed E-state index contributed by atoms with van der Waals surface area (Å²) in [7, 11) is 0. The van der Waals surface area contributed by atoms with Crippen LogP contribution in [0.15, 0.2) is 36.5 Å². The van der Waals surface area contributed by atoms with Gasteiger partial charge in [0.25, 0.3) is 0 Å². The molecular weight excluding hydrogens is 258 g/mol. The third-order valence-corrected chi connectivity index (χ3v) is 4.03. The molecule has 0 saturated heterocycles. The molecule has 3 heteroatoms. The molecule has 1 aromatic heterocycles. The molecule has 0 saturated carbocycles. The van der Waals surface area contributed by atoms with Crippen molar-refractivity contribution < 1.29 is 0 Å². The lowest BCUT2D eigenvalue weighted by Gasteiger charge is -2.12. The summed E-state index contributed by atoms with van der Waals surface area (Å²) in [4.78, 5) is 0. The SMILES string of the molecule is CCC(CC)n1ccc(CNc2ccc(C(C)C)cc2)n1. The van der Waals surface area contributed by atoms with Crippen molar-refractivity contribution in [3.8, 4) is 0 Å². The highest BCUT2D eigenvalue weighted by Gasteiger charge is 2.07. The summed E-state index contributed by atoms with van der Waals surface area (Å²) in [5.74, 6) is 0.578. The molecule has 0 unspecified atom stereocenters. The Morgan fingerprint density at radius 3 is 2.29 bits per heavy atom. The van der Waals surface area contributed by atoms with E-state index in [9.17, 15) is 0 Å². The van der Waals surface area contributed by atoms with E-state index in [-0.39, 0.29) is 0 Å². The molecule has 2 rings (SSSR count). The van der Waals surface area contributed by atoms with Gasteiger partial charge in [-0.15, -0.1) is 0 Å². The first kappa shape index (κ1) is 15.6. The molecule has 0 radical (unpaired) electrons. The van der Waals surface area contributed by atoms with Crippen molar-refractivity contribution in [3.63, 3.8) is 0 Å². The van der Waals surface area contributed by atoms with Crippen molar-refractivity contribution in [1.82, 2.24) is 9.78 Å². The van der Waals surface area contributed by atoms with E-state index in [0.29, 0.717) is 12.0 Å². The Labute approximate surface area is 128 Å². The zero-order valence-electron chi connectivity index (χ0n) is 13.6. The lowest BCUT2D eigenvalue weighted by Crippen LogP contribution is -2.09. The van der Waals surface area contributed by atoms with Crippen LogP contribution in [0.4, 0.5) is 5.69 Å². The van der Waals surface area contributed by atoms with Gasteiger partial charge in [-0.3, -0.25) is 4.68 Å². The number of anilines is 1. The van der Waals surface area contributed by atoms with Gasteiger partial charge in [0, 0.05) is 11.9 Å². The fraction of sp³-hybridized carbons (Fsp3) is 0.500. The van der Waals surface area contributed by atoms with E-state index in [4.69, 9.17) is 0 Å². The molecule has 1 N–H and O–H groups in total. The van der Waals surface area contributed by atoms with Crippen molar-refractivity contribution in [2.75, 3.05) is 5.32 Å². The predicted octanol–water partition coefficient (Wildman–Crippen LogP) is 4.98. The van der Waals surface area contributed by atoms with Gasteiger partial charge in [-0.05, 0) is 42.5 Å². The standard InChI is InChI=1S/C18H27N3/c1-5-18(6-2)21-12-11-17(20-21)13-19-16-9-7-15(8-10-16)14(3)4/h7-12,14,18-19H,5-6,13H2,1-4H3. The summed E-state index contributed by atoms with van der Waals surface area (Å²) in [5, 5.41) is 8.11. The molecule has 0 aliphatic rings. The van der Waals surface area contributed by atoms with Crippen LogP contribution in [-0.4, -0.2) is 9.78 Å². The average Bonchev–Trinajstić information content (AvgIpc) is 2.96. The number of rotatable bonds is 7. The highest BCUT2D eigenvalue weighted by molar-refractivity contribution is 5.45. The monoisotopic (exact) mass is 285 g/mol. The molecule has 114 valence electrons. The van der Waals surface area contributed by atoms with E-state index in [1.807, 2.05) is 0 Å². The summed E-state index contributed by atoms with van der Waals surface area (Å²) < 4.78 is 2.10. The van der Waals surface area contributed by atoms with Crippen LogP contribution in [0.2, 0.25) is 0 Å². The Balaban J connectivity index is 1.93. The molecule has 0 spiro atoms. The normalized spacial score (nSPS) is 11.3. The fourth-order valence-corrected chi connectivity index (χ4v) is 2.52. The van der Waals surface area contributed by atoms with Gasteiger partial charge >= 0.3 is 0 Å². The van der Waals surface area contributed by atoms with Crippen LogP contribution in [0.3, 0.4) is 0 Å². The largest absolute Gasteiger partial charge is 0.379 e. The Morgan fingerprint density at radius 2 is 1.71 bits per heavy atom. The number of nitrogens with one attached hydrogen (secondary N) is 1. The first-order valence-electron chi connectivity index (χ1n) is 8.01.